The zero-order valence-corrected chi connectivity index (χ0v) is 14.7. The van der Waals surface area contributed by atoms with Crippen LogP contribution in [0.3, 0.4) is 0 Å². The van der Waals surface area contributed by atoms with E-state index in [0.717, 1.165) is 18.4 Å². The maximum atomic E-state index is 12.7. The minimum absolute atomic E-state index is 0.0761. The van der Waals surface area contributed by atoms with E-state index in [1.54, 1.807) is 23.4 Å². The average Bonchev–Trinajstić information content (AvgIpc) is 3.17. The van der Waals surface area contributed by atoms with Crippen LogP contribution in [0, 0.1) is 11.3 Å². The van der Waals surface area contributed by atoms with Crippen molar-refractivity contribution in [3.63, 3.8) is 0 Å². The summed E-state index contributed by atoms with van der Waals surface area (Å²) in [7, 11) is 0. The van der Waals surface area contributed by atoms with E-state index in [-0.39, 0.29) is 23.4 Å². The number of anilines is 1. The summed E-state index contributed by atoms with van der Waals surface area (Å²) in [6.07, 6.45) is 0.516. The van der Waals surface area contributed by atoms with E-state index in [2.05, 4.69) is 15.0 Å². The maximum absolute atomic E-state index is 12.7. The third-order valence-corrected chi connectivity index (χ3v) is 4.35. The van der Waals surface area contributed by atoms with E-state index >= 15 is 0 Å². The average molecular weight is 390 g/mol. The quantitative estimate of drug-likeness (QED) is 0.846. The first-order valence-electron chi connectivity index (χ1n) is 8.58. The first-order valence-corrected chi connectivity index (χ1v) is 8.58. The van der Waals surface area contributed by atoms with Gasteiger partial charge in [0, 0.05) is 24.6 Å². The van der Waals surface area contributed by atoms with Gasteiger partial charge in [-0.05, 0) is 48.7 Å². The molecule has 2 amide bonds. The maximum Gasteiger partial charge on any atom is 0.422 e. The van der Waals surface area contributed by atoms with E-state index in [1.807, 2.05) is 12.1 Å². The number of aromatic nitrogens is 1. The minimum atomic E-state index is -4.50. The Hall–Kier alpha value is -3.28. The molecule has 3 rings (SSSR count). The number of hydrogen-bond acceptors (Lipinski definition) is 4. The lowest BCUT2D eigenvalue weighted by Gasteiger charge is -2.25. The van der Waals surface area contributed by atoms with E-state index in [9.17, 15) is 18.0 Å². The Bertz CT molecular complexity index is 881. The molecule has 1 atom stereocenters. The van der Waals surface area contributed by atoms with E-state index < -0.39 is 12.8 Å². The monoisotopic (exact) mass is 390 g/mol. The summed E-state index contributed by atoms with van der Waals surface area (Å²) in [5.74, 6) is -0.186. The molecule has 1 unspecified atom stereocenters. The van der Waals surface area contributed by atoms with Crippen LogP contribution >= 0.6 is 0 Å². The van der Waals surface area contributed by atoms with Crippen molar-refractivity contribution in [2.24, 2.45) is 0 Å². The second kappa shape index (κ2) is 8.17. The molecule has 1 aliphatic heterocycles. The summed E-state index contributed by atoms with van der Waals surface area (Å²) in [4.78, 5) is 18.3. The Morgan fingerprint density at radius 2 is 2.07 bits per heavy atom. The predicted molar refractivity (Wildman–Crippen MR) is 94.6 cm³/mol. The molecule has 1 aromatic heterocycles. The molecule has 0 aliphatic carbocycles. The zero-order chi connectivity index (χ0) is 20.1. The van der Waals surface area contributed by atoms with Gasteiger partial charge >= 0.3 is 12.2 Å². The molecule has 28 heavy (non-hydrogen) atoms. The Morgan fingerprint density at radius 3 is 2.75 bits per heavy atom. The first kappa shape index (κ1) is 19.5. The molecule has 0 spiro atoms. The molecule has 9 heteroatoms. The molecule has 1 aromatic carbocycles. The highest BCUT2D eigenvalue weighted by Crippen LogP contribution is 2.32. The molecular formula is C19H17F3N4O2. The van der Waals surface area contributed by atoms with Crippen molar-refractivity contribution in [1.82, 2.24) is 9.88 Å². The van der Waals surface area contributed by atoms with Crippen molar-refractivity contribution in [3.8, 4) is 11.8 Å². The van der Waals surface area contributed by atoms with Crippen LogP contribution in [0.15, 0.2) is 42.7 Å². The summed E-state index contributed by atoms with van der Waals surface area (Å²) in [6.45, 7) is -0.911. The number of amides is 2. The highest BCUT2D eigenvalue weighted by molar-refractivity contribution is 5.90. The number of halogens is 3. The molecule has 2 heterocycles. The smallest absolute Gasteiger partial charge is 0.422 e. The molecule has 1 aliphatic rings. The second-order valence-electron chi connectivity index (χ2n) is 6.29. The van der Waals surface area contributed by atoms with Crippen molar-refractivity contribution in [1.29, 1.82) is 5.26 Å². The van der Waals surface area contributed by atoms with Crippen LogP contribution in [0.4, 0.5) is 23.7 Å². The van der Waals surface area contributed by atoms with Crippen LogP contribution < -0.4 is 10.1 Å². The number of nitrogens with one attached hydrogen (secondary N) is 1. The lowest BCUT2D eigenvalue weighted by atomic mass is 10.1. The fourth-order valence-corrected chi connectivity index (χ4v) is 3.12. The van der Waals surface area contributed by atoms with Gasteiger partial charge < -0.3 is 15.0 Å². The Labute approximate surface area is 159 Å². The third-order valence-electron chi connectivity index (χ3n) is 4.35. The summed E-state index contributed by atoms with van der Waals surface area (Å²) in [5, 5.41) is 11.9. The number of pyridine rings is 1. The number of nitrogens with zero attached hydrogens (tertiary/aromatic N) is 3. The normalized spacial score (nSPS) is 16.5. The van der Waals surface area contributed by atoms with Crippen LogP contribution in [0.1, 0.15) is 30.0 Å². The van der Waals surface area contributed by atoms with E-state index in [1.165, 1.54) is 18.2 Å². The molecule has 6 nitrogen and oxygen atoms in total. The number of alkyl halides is 3. The minimum Gasteiger partial charge on any atom is -0.483 e. The first-order chi connectivity index (χ1) is 13.4. The number of ether oxygens (including phenoxy) is 1. The summed E-state index contributed by atoms with van der Waals surface area (Å²) in [5.41, 5.74) is 1.20. The molecule has 2 aromatic rings. The van der Waals surface area contributed by atoms with Crippen molar-refractivity contribution in [2.75, 3.05) is 18.5 Å². The lowest BCUT2D eigenvalue weighted by Crippen LogP contribution is -2.34. The van der Waals surface area contributed by atoms with Gasteiger partial charge in [-0.1, -0.05) is 0 Å². The van der Waals surface area contributed by atoms with Crippen molar-refractivity contribution < 1.29 is 22.7 Å². The predicted octanol–water partition coefficient (Wildman–Crippen LogP) is 4.26. The van der Waals surface area contributed by atoms with Crippen LogP contribution in [0.2, 0.25) is 0 Å². The SMILES string of the molecule is N#Cc1cc(NC(=O)N2CCCC2c2ccncc2)ccc1OCC(F)(F)F. The zero-order valence-electron chi connectivity index (χ0n) is 14.7. The van der Waals surface area contributed by atoms with Crippen LogP contribution in [0.25, 0.3) is 0 Å². The topological polar surface area (TPSA) is 78.3 Å². The number of carbonyl (C=O) groups excluding carboxylic acids is 1. The van der Waals surface area contributed by atoms with Crippen molar-refractivity contribution in [2.45, 2.75) is 25.1 Å². The molecule has 1 fully saturated rings. The Morgan fingerprint density at radius 1 is 1.32 bits per heavy atom. The fourth-order valence-electron chi connectivity index (χ4n) is 3.12. The molecule has 1 N–H and O–H groups in total. The van der Waals surface area contributed by atoms with Crippen molar-refractivity contribution >= 4 is 11.7 Å². The molecule has 0 bridgehead atoms. The van der Waals surface area contributed by atoms with Gasteiger partial charge in [-0.2, -0.15) is 18.4 Å². The number of hydrogen-bond donors (Lipinski definition) is 1. The number of carbonyl (C=O) groups is 1. The number of benzene rings is 1. The van der Waals surface area contributed by atoms with Gasteiger partial charge in [0.25, 0.3) is 0 Å². The van der Waals surface area contributed by atoms with Gasteiger partial charge in [-0.15, -0.1) is 0 Å². The van der Waals surface area contributed by atoms with E-state index in [0.29, 0.717) is 12.2 Å². The number of nitriles is 1. The third kappa shape index (κ3) is 4.71. The van der Waals surface area contributed by atoms with Gasteiger partial charge in [0.1, 0.15) is 11.8 Å². The van der Waals surface area contributed by atoms with Crippen LogP contribution in [-0.4, -0.2) is 35.2 Å². The second-order valence-corrected chi connectivity index (χ2v) is 6.29. The van der Waals surface area contributed by atoms with Gasteiger partial charge in [0.2, 0.25) is 0 Å². The summed E-state index contributed by atoms with van der Waals surface area (Å²) >= 11 is 0. The number of rotatable bonds is 4. The van der Waals surface area contributed by atoms with Gasteiger partial charge in [0.15, 0.2) is 6.61 Å². The number of likely N-dealkylation sites (tertiary alicyclic amines) is 1. The summed E-state index contributed by atoms with van der Waals surface area (Å²) < 4.78 is 41.6. The summed E-state index contributed by atoms with van der Waals surface area (Å²) in [6, 6.07) is 9.02. The Balaban J connectivity index is 1.71. The largest absolute Gasteiger partial charge is 0.483 e. The Kier molecular flexibility index (Phi) is 5.68. The van der Waals surface area contributed by atoms with Gasteiger partial charge in [-0.3, -0.25) is 4.98 Å². The van der Waals surface area contributed by atoms with Gasteiger partial charge in [-0.25, -0.2) is 4.79 Å². The van der Waals surface area contributed by atoms with Crippen LogP contribution in [-0.2, 0) is 0 Å². The molecule has 0 radical (unpaired) electrons. The van der Waals surface area contributed by atoms with Crippen LogP contribution in [0.5, 0.6) is 5.75 Å². The molecule has 1 saturated heterocycles. The van der Waals surface area contributed by atoms with Gasteiger partial charge in [0.05, 0.1) is 11.6 Å². The molecular weight excluding hydrogens is 373 g/mol. The molecule has 0 saturated carbocycles. The molecule has 146 valence electrons. The van der Waals surface area contributed by atoms with E-state index in [4.69, 9.17) is 5.26 Å². The number of urea groups is 1. The fraction of sp³-hybridized carbons (Fsp3) is 0.316. The van der Waals surface area contributed by atoms with Crippen molar-refractivity contribution in [3.05, 3.63) is 53.9 Å². The lowest BCUT2D eigenvalue weighted by molar-refractivity contribution is -0.153. The highest BCUT2D eigenvalue weighted by Gasteiger charge is 2.30. The standard InChI is InChI=1S/C19H17F3N4O2/c20-19(21,22)12-28-17-4-3-15(10-14(17)11-23)25-18(27)26-9-1-2-16(26)13-5-7-24-8-6-13/h3-8,10,16H,1-2,9,12H2,(H,25,27). The highest BCUT2D eigenvalue weighted by atomic mass is 19.4.